The minimum Gasteiger partial charge on any atom is -0.454 e. The summed E-state index contributed by atoms with van der Waals surface area (Å²) < 4.78 is 22.1. The largest absolute Gasteiger partial charge is 0.454 e. The third-order valence-electron chi connectivity index (χ3n) is 2.79. The second kappa shape index (κ2) is 7.31. The van der Waals surface area contributed by atoms with Crippen LogP contribution in [0.4, 0.5) is 0 Å². The Kier molecular flexibility index (Phi) is 5.44. The van der Waals surface area contributed by atoms with E-state index in [2.05, 4.69) is 13.8 Å². The lowest BCUT2D eigenvalue weighted by atomic mass is 10.2. The van der Waals surface area contributed by atoms with E-state index in [4.69, 9.17) is 18.9 Å². The molecule has 20 heavy (non-hydrogen) atoms. The number of ether oxygens (including phenoxy) is 4. The standard InChI is InChI=1S/C16H22O4/c1-4-5-16(17-9-12(2)3)18-10-13-6-7-14-15(8-13)20-11-19-14/h4-8,12,16H,9-11H2,1-3H3. The lowest BCUT2D eigenvalue weighted by Crippen LogP contribution is -2.17. The zero-order valence-electron chi connectivity index (χ0n) is 12.3. The van der Waals surface area contributed by atoms with Gasteiger partial charge in [-0.25, -0.2) is 0 Å². The van der Waals surface area contributed by atoms with Crippen LogP contribution in [0, 0.1) is 5.92 Å². The number of fused-ring (bicyclic) bond motifs is 1. The first kappa shape index (κ1) is 14.9. The van der Waals surface area contributed by atoms with Gasteiger partial charge in [-0.3, -0.25) is 0 Å². The summed E-state index contributed by atoms with van der Waals surface area (Å²) in [6.07, 6.45) is 3.54. The van der Waals surface area contributed by atoms with Gasteiger partial charge >= 0.3 is 0 Å². The molecule has 0 saturated carbocycles. The molecule has 0 saturated heterocycles. The molecule has 0 amide bonds. The minimum atomic E-state index is -0.312. The van der Waals surface area contributed by atoms with Crippen LogP contribution in [0.3, 0.4) is 0 Å². The third kappa shape index (κ3) is 4.25. The highest BCUT2D eigenvalue weighted by Gasteiger charge is 2.14. The summed E-state index contributed by atoms with van der Waals surface area (Å²) in [4.78, 5) is 0. The molecular weight excluding hydrogens is 256 g/mol. The van der Waals surface area contributed by atoms with E-state index in [1.807, 2.05) is 37.3 Å². The van der Waals surface area contributed by atoms with Gasteiger partial charge in [-0.2, -0.15) is 0 Å². The molecule has 1 aliphatic heterocycles. The average molecular weight is 278 g/mol. The Hall–Kier alpha value is -1.52. The molecule has 1 aromatic rings. The summed E-state index contributed by atoms with van der Waals surface area (Å²) in [5, 5.41) is 0. The molecule has 1 aliphatic rings. The maximum absolute atomic E-state index is 5.77. The Morgan fingerprint density at radius 2 is 2.00 bits per heavy atom. The molecule has 1 aromatic carbocycles. The van der Waals surface area contributed by atoms with E-state index in [9.17, 15) is 0 Å². The van der Waals surface area contributed by atoms with Crippen molar-refractivity contribution in [2.75, 3.05) is 13.4 Å². The molecule has 0 spiro atoms. The van der Waals surface area contributed by atoms with Gasteiger partial charge in [0.25, 0.3) is 0 Å². The maximum atomic E-state index is 5.77. The van der Waals surface area contributed by atoms with Crippen LogP contribution >= 0.6 is 0 Å². The van der Waals surface area contributed by atoms with Crippen molar-refractivity contribution in [1.29, 1.82) is 0 Å². The summed E-state index contributed by atoms with van der Waals surface area (Å²) in [6.45, 7) is 7.63. The smallest absolute Gasteiger partial charge is 0.231 e. The highest BCUT2D eigenvalue weighted by Crippen LogP contribution is 2.32. The third-order valence-corrected chi connectivity index (χ3v) is 2.79. The fourth-order valence-electron chi connectivity index (χ4n) is 1.81. The molecular formula is C16H22O4. The number of hydrogen-bond acceptors (Lipinski definition) is 4. The second-order valence-corrected chi connectivity index (χ2v) is 5.12. The monoisotopic (exact) mass is 278 g/mol. The molecule has 1 atom stereocenters. The van der Waals surface area contributed by atoms with Gasteiger partial charge in [-0.15, -0.1) is 0 Å². The first-order valence-corrected chi connectivity index (χ1v) is 6.93. The van der Waals surface area contributed by atoms with Gasteiger partial charge in [0, 0.05) is 0 Å². The molecule has 2 rings (SSSR count). The van der Waals surface area contributed by atoms with Crippen LogP contribution in [0.15, 0.2) is 30.4 Å². The molecule has 0 aromatic heterocycles. The molecule has 0 bridgehead atoms. The molecule has 0 fully saturated rings. The van der Waals surface area contributed by atoms with E-state index < -0.39 is 0 Å². The summed E-state index contributed by atoms with van der Waals surface area (Å²) in [5.74, 6) is 2.04. The lowest BCUT2D eigenvalue weighted by Gasteiger charge is -2.16. The van der Waals surface area contributed by atoms with Gasteiger partial charge in [0.1, 0.15) is 0 Å². The van der Waals surface area contributed by atoms with E-state index in [0.29, 0.717) is 25.9 Å². The summed E-state index contributed by atoms with van der Waals surface area (Å²) in [7, 11) is 0. The van der Waals surface area contributed by atoms with Gasteiger partial charge in [0.15, 0.2) is 17.8 Å². The highest BCUT2D eigenvalue weighted by atomic mass is 16.7. The molecule has 0 aliphatic carbocycles. The second-order valence-electron chi connectivity index (χ2n) is 5.12. The Labute approximate surface area is 120 Å². The minimum absolute atomic E-state index is 0.290. The normalized spacial score (nSPS) is 15.2. The number of hydrogen-bond donors (Lipinski definition) is 0. The Balaban J connectivity index is 1.88. The van der Waals surface area contributed by atoms with Crippen LogP contribution < -0.4 is 9.47 Å². The van der Waals surface area contributed by atoms with Crippen LogP contribution in [0.5, 0.6) is 11.5 Å². The quantitative estimate of drug-likeness (QED) is 0.565. The predicted octanol–water partition coefficient (Wildman–Crippen LogP) is 3.51. The molecule has 4 heteroatoms. The lowest BCUT2D eigenvalue weighted by molar-refractivity contribution is -0.125. The Morgan fingerprint density at radius 3 is 2.75 bits per heavy atom. The SMILES string of the molecule is CC=CC(OCc1ccc2c(c1)OCO2)OCC(C)C. The van der Waals surface area contributed by atoms with Crippen LogP contribution in [-0.4, -0.2) is 19.7 Å². The van der Waals surface area contributed by atoms with Crippen LogP contribution in [0.25, 0.3) is 0 Å². The van der Waals surface area contributed by atoms with Crippen molar-refractivity contribution in [1.82, 2.24) is 0 Å². The maximum Gasteiger partial charge on any atom is 0.231 e. The Morgan fingerprint density at radius 1 is 1.20 bits per heavy atom. The fourth-order valence-corrected chi connectivity index (χ4v) is 1.81. The van der Waals surface area contributed by atoms with Crippen LogP contribution in [0.2, 0.25) is 0 Å². The van der Waals surface area contributed by atoms with Crippen molar-refractivity contribution in [2.45, 2.75) is 33.7 Å². The summed E-state index contributed by atoms with van der Waals surface area (Å²) in [5.41, 5.74) is 1.04. The first-order chi connectivity index (χ1) is 9.69. The van der Waals surface area contributed by atoms with Crippen molar-refractivity contribution in [2.24, 2.45) is 5.92 Å². The van der Waals surface area contributed by atoms with Crippen molar-refractivity contribution < 1.29 is 18.9 Å². The zero-order chi connectivity index (χ0) is 14.4. The van der Waals surface area contributed by atoms with Crippen molar-refractivity contribution in [3.63, 3.8) is 0 Å². The first-order valence-electron chi connectivity index (χ1n) is 6.93. The number of rotatable bonds is 7. The van der Waals surface area contributed by atoms with E-state index in [-0.39, 0.29) is 6.29 Å². The van der Waals surface area contributed by atoms with Crippen molar-refractivity contribution in [3.05, 3.63) is 35.9 Å². The van der Waals surface area contributed by atoms with E-state index >= 15 is 0 Å². The highest BCUT2D eigenvalue weighted by molar-refractivity contribution is 5.44. The van der Waals surface area contributed by atoms with Gasteiger partial charge in [-0.05, 0) is 36.6 Å². The van der Waals surface area contributed by atoms with E-state index in [1.54, 1.807) is 0 Å². The summed E-state index contributed by atoms with van der Waals surface area (Å²) >= 11 is 0. The molecule has 110 valence electrons. The van der Waals surface area contributed by atoms with Crippen LogP contribution in [-0.2, 0) is 16.1 Å². The number of allylic oxidation sites excluding steroid dienone is 1. The topological polar surface area (TPSA) is 36.9 Å². The van der Waals surface area contributed by atoms with E-state index in [0.717, 1.165) is 17.1 Å². The van der Waals surface area contributed by atoms with Gasteiger partial charge in [0.05, 0.1) is 13.2 Å². The molecule has 0 radical (unpaired) electrons. The molecule has 1 unspecified atom stereocenters. The summed E-state index contributed by atoms with van der Waals surface area (Å²) in [6, 6.07) is 5.82. The van der Waals surface area contributed by atoms with E-state index in [1.165, 1.54) is 0 Å². The zero-order valence-corrected chi connectivity index (χ0v) is 12.3. The average Bonchev–Trinajstić information content (AvgIpc) is 2.89. The molecule has 0 N–H and O–H groups in total. The predicted molar refractivity (Wildman–Crippen MR) is 76.7 cm³/mol. The van der Waals surface area contributed by atoms with Crippen molar-refractivity contribution in [3.8, 4) is 11.5 Å². The molecule has 1 heterocycles. The van der Waals surface area contributed by atoms with Crippen LogP contribution in [0.1, 0.15) is 26.3 Å². The fraction of sp³-hybridized carbons (Fsp3) is 0.500. The Bertz CT molecular complexity index is 454. The molecule has 4 nitrogen and oxygen atoms in total. The van der Waals surface area contributed by atoms with Gasteiger partial charge < -0.3 is 18.9 Å². The number of benzene rings is 1. The van der Waals surface area contributed by atoms with Crippen molar-refractivity contribution >= 4 is 0 Å². The van der Waals surface area contributed by atoms with Gasteiger partial charge in [-0.1, -0.05) is 26.0 Å². The van der Waals surface area contributed by atoms with Gasteiger partial charge in [0.2, 0.25) is 6.79 Å².